The minimum Gasteiger partial charge on any atom is -0.481 e. The number of carboxylic acids is 1. The van der Waals surface area contributed by atoms with Gasteiger partial charge in [-0.3, -0.25) is 14.4 Å². The summed E-state index contributed by atoms with van der Waals surface area (Å²) in [6, 6.07) is -0.825. The average Bonchev–Trinajstić information content (AvgIpc) is 2.34. The zero-order valence-electron chi connectivity index (χ0n) is 11.1. The highest BCUT2D eigenvalue weighted by Gasteiger charge is 2.27. The Balaban J connectivity index is 2.46. The monoisotopic (exact) mass is 271 g/mol. The normalized spacial score (nSPS) is 20.7. The Morgan fingerprint density at radius 2 is 2.16 bits per heavy atom. The molecular formula is C12H21N3O4. The molecule has 1 fully saturated rings. The minimum atomic E-state index is -0.960. The van der Waals surface area contributed by atoms with Crippen molar-refractivity contribution in [1.29, 1.82) is 0 Å². The van der Waals surface area contributed by atoms with Crippen LogP contribution in [0.2, 0.25) is 0 Å². The molecule has 108 valence electrons. The highest BCUT2D eigenvalue weighted by atomic mass is 16.4. The summed E-state index contributed by atoms with van der Waals surface area (Å²) in [6.45, 7) is 2.49. The van der Waals surface area contributed by atoms with Crippen LogP contribution in [0.5, 0.6) is 0 Å². The van der Waals surface area contributed by atoms with Crippen LogP contribution in [0.4, 0.5) is 0 Å². The molecule has 0 aromatic heterocycles. The fourth-order valence-corrected chi connectivity index (χ4v) is 2.22. The second kappa shape index (κ2) is 7.08. The third-order valence-corrected chi connectivity index (χ3v) is 3.13. The van der Waals surface area contributed by atoms with Crippen molar-refractivity contribution in [2.24, 2.45) is 5.73 Å². The van der Waals surface area contributed by atoms with Gasteiger partial charge in [0.25, 0.3) is 0 Å². The van der Waals surface area contributed by atoms with Crippen molar-refractivity contribution in [2.45, 2.75) is 44.7 Å². The van der Waals surface area contributed by atoms with Crippen molar-refractivity contribution in [3.8, 4) is 0 Å². The smallest absolute Gasteiger partial charge is 0.303 e. The second-order valence-corrected chi connectivity index (χ2v) is 4.86. The standard InChI is InChI=1S/C12H21N3O4/c1-8(16)14-9-3-2-6-15(7-9)12(19)10(13)4-5-11(17)18/h9-10H,2-7,13H2,1H3,(H,14,16)(H,17,18). The Morgan fingerprint density at radius 1 is 1.47 bits per heavy atom. The molecule has 4 N–H and O–H groups in total. The Hall–Kier alpha value is -1.63. The zero-order valence-corrected chi connectivity index (χ0v) is 11.1. The minimum absolute atomic E-state index is 0.0399. The van der Waals surface area contributed by atoms with Gasteiger partial charge in [0, 0.05) is 32.5 Å². The lowest BCUT2D eigenvalue weighted by Gasteiger charge is -2.34. The van der Waals surface area contributed by atoms with E-state index in [1.54, 1.807) is 4.90 Å². The first-order valence-electron chi connectivity index (χ1n) is 6.43. The predicted molar refractivity (Wildman–Crippen MR) is 68.3 cm³/mol. The van der Waals surface area contributed by atoms with Crippen molar-refractivity contribution >= 4 is 17.8 Å². The van der Waals surface area contributed by atoms with E-state index in [2.05, 4.69) is 5.32 Å². The third kappa shape index (κ3) is 5.25. The van der Waals surface area contributed by atoms with Crippen LogP contribution in [0.3, 0.4) is 0 Å². The molecule has 2 unspecified atom stereocenters. The molecule has 0 bridgehead atoms. The molecule has 0 spiro atoms. The summed E-state index contributed by atoms with van der Waals surface area (Å²) in [5.74, 6) is -1.32. The number of hydrogen-bond acceptors (Lipinski definition) is 4. The maximum absolute atomic E-state index is 12.0. The van der Waals surface area contributed by atoms with E-state index in [0.717, 1.165) is 12.8 Å². The van der Waals surface area contributed by atoms with Gasteiger partial charge in [-0.25, -0.2) is 0 Å². The molecule has 0 aromatic carbocycles. The van der Waals surface area contributed by atoms with Crippen LogP contribution >= 0.6 is 0 Å². The number of carbonyl (C=O) groups is 3. The fraction of sp³-hybridized carbons (Fsp3) is 0.750. The Morgan fingerprint density at radius 3 is 2.74 bits per heavy atom. The van der Waals surface area contributed by atoms with Crippen LogP contribution in [0.15, 0.2) is 0 Å². The highest BCUT2D eigenvalue weighted by molar-refractivity contribution is 5.82. The van der Waals surface area contributed by atoms with Gasteiger partial charge in [-0.1, -0.05) is 0 Å². The molecule has 1 heterocycles. The number of rotatable bonds is 5. The Kier molecular flexibility index (Phi) is 5.75. The largest absolute Gasteiger partial charge is 0.481 e. The van der Waals surface area contributed by atoms with E-state index < -0.39 is 12.0 Å². The molecule has 2 amide bonds. The molecular weight excluding hydrogens is 250 g/mol. The van der Waals surface area contributed by atoms with E-state index in [0.29, 0.717) is 13.1 Å². The number of amides is 2. The molecule has 1 saturated heterocycles. The first-order valence-corrected chi connectivity index (χ1v) is 6.43. The molecule has 7 nitrogen and oxygen atoms in total. The molecule has 0 saturated carbocycles. The van der Waals surface area contributed by atoms with Gasteiger partial charge in [0.2, 0.25) is 11.8 Å². The summed E-state index contributed by atoms with van der Waals surface area (Å²) in [5.41, 5.74) is 5.70. The van der Waals surface area contributed by atoms with Gasteiger partial charge in [-0.05, 0) is 19.3 Å². The van der Waals surface area contributed by atoms with E-state index in [4.69, 9.17) is 10.8 Å². The number of likely N-dealkylation sites (tertiary alicyclic amines) is 1. The number of hydrogen-bond donors (Lipinski definition) is 3. The van der Waals surface area contributed by atoms with Gasteiger partial charge >= 0.3 is 5.97 Å². The quantitative estimate of drug-likeness (QED) is 0.612. The number of carbonyl (C=O) groups excluding carboxylic acids is 2. The topological polar surface area (TPSA) is 113 Å². The number of aliphatic carboxylic acids is 1. The maximum Gasteiger partial charge on any atom is 0.303 e. The lowest BCUT2D eigenvalue weighted by atomic mass is 10.0. The van der Waals surface area contributed by atoms with Gasteiger partial charge in [-0.15, -0.1) is 0 Å². The summed E-state index contributed by atoms with van der Waals surface area (Å²) in [7, 11) is 0. The number of nitrogens with two attached hydrogens (primary N) is 1. The lowest BCUT2D eigenvalue weighted by Crippen LogP contribution is -2.53. The summed E-state index contributed by atoms with van der Waals surface area (Å²) >= 11 is 0. The van der Waals surface area contributed by atoms with Crippen molar-refractivity contribution in [2.75, 3.05) is 13.1 Å². The summed E-state index contributed by atoms with van der Waals surface area (Å²) in [4.78, 5) is 35.1. The third-order valence-electron chi connectivity index (χ3n) is 3.13. The van der Waals surface area contributed by atoms with E-state index >= 15 is 0 Å². The first-order chi connectivity index (χ1) is 8.90. The Labute approximate surface area is 112 Å². The number of piperidine rings is 1. The van der Waals surface area contributed by atoms with E-state index in [1.807, 2.05) is 0 Å². The summed E-state index contributed by atoms with van der Waals surface area (Å²) in [6.07, 6.45) is 1.67. The number of nitrogens with zero attached hydrogens (tertiary/aromatic N) is 1. The van der Waals surface area contributed by atoms with E-state index in [9.17, 15) is 14.4 Å². The molecule has 2 atom stereocenters. The van der Waals surface area contributed by atoms with Crippen molar-refractivity contribution in [1.82, 2.24) is 10.2 Å². The van der Waals surface area contributed by atoms with Gasteiger partial charge in [0.1, 0.15) is 0 Å². The molecule has 7 heteroatoms. The van der Waals surface area contributed by atoms with Crippen molar-refractivity contribution < 1.29 is 19.5 Å². The second-order valence-electron chi connectivity index (χ2n) is 4.86. The van der Waals surface area contributed by atoms with Crippen LogP contribution in [0.1, 0.15) is 32.6 Å². The van der Waals surface area contributed by atoms with Crippen LogP contribution in [-0.4, -0.2) is 53.0 Å². The maximum atomic E-state index is 12.0. The zero-order chi connectivity index (χ0) is 14.4. The van der Waals surface area contributed by atoms with Crippen molar-refractivity contribution in [3.63, 3.8) is 0 Å². The SMILES string of the molecule is CC(=O)NC1CCCN(C(=O)C(N)CCC(=O)O)C1. The first kappa shape index (κ1) is 15.4. The average molecular weight is 271 g/mol. The molecule has 1 rings (SSSR count). The Bertz CT molecular complexity index is 359. The predicted octanol–water partition coefficient (Wildman–Crippen LogP) is -0.694. The van der Waals surface area contributed by atoms with Gasteiger partial charge in [0.15, 0.2) is 0 Å². The number of nitrogens with one attached hydrogen (secondary N) is 1. The van der Waals surface area contributed by atoms with E-state index in [-0.39, 0.29) is 30.7 Å². The summed E-state index contributed by atoms with van der Waals surface area (Å²) in [5, 5.41) is 11.4. The molecule has 19 heavy (non-hydrogen) atoms. The lowest BCUT2D eigenvalue weighted by molar-refractivity contribution is -0.138. The van der Waals surface area contributed by atoms with Gasteiger partial charge < -0.3 is 21.1 Å². The van der Waals surface area contributed by atoms with E-state index in [1.165, 1.54) is 6.92 Å². The molecule has 0 aliphatic carbocycles. The molecule has 1 aliphatic heterocycles. The molecule has 0 radical (unpaired) electrons. The van der Waals surface area contributed by atoms with Crippen LogP contribution in [0.25, 0.3) is 0 Å². The van der Waals surface area contributed by atoms with Gasteiger partial charge in [0.05, 0.1) is 6.04 Å². The van der Waals surface area contributed by atoms with Gasteiger partial charge in [-0.2, -0.15) is 0 Å². The molecule has 0 aromatic rings. The van der Waals surface area contributed by atoms with Crippen LogP contribution in [0, 0.1) is 0 Å². The van der Waals surface area contributed by atoms with Crippen molar-refractivity contribution in [3.05, 3.63) is 0 Å². The fourth-order valence-electron chi connectivity index (χ4n) is 2.22. The molecule has 1 aliphatic rings. The van der Waals surface area contributed by atoms with Crippen LogP contribution in [-0.2, 0) is 14.4 Å². The number of carboxylic acid groups (broad SMARTS) is 1. The summed E-state index contributed by atoms with van der Waals surface area (Å²) < 4.78 is 0. The highest BCUT2D eigenvalue weighted by Crippen LogP contribution is 2.12. The van der Waals surface area contributed by atoms with Crippen LogP contribution < -0.4 is 11.1 Å².